The first kappa shape index (κ1) is 11.6. The molecule has 1 aliphatic heterocycles. The van der Waals surface area contributed by atoms with Crippen LogP contribution in [0.4, 0.5) is 0 Å². The van der Waals surface area contributed by atoms with E-state index in [9.17, 15) is 4.79 Å². The Kier molecular flexibility index (Phi) is 3.30. The Bertz CT molecular complexity index is 355. The lowest BCUT2D eigenvalue weighted by molar-refractivity contribution is -0.129. The molecular formula is C12H18N2OS. The summed E-state index contributed by atoms with van der Waals surface area (Å²) in [6.07, 6.45) is 0.927. The van der Waals surface area contributed by atoms with Gasteiger partial charge in [0.1, 0.15) is 0 Å². The van der Waals surface area contributed by atoms with E-state index in [2.05, 4.69) is 16.7 Å². The van der Waals surface area contributed by atoms with E-state index >= 15 is 0 Å². The van der Waals surface area contributed by atoms with E-state index < -0.39 is 0 Å². The number of carbonyl (C=O) groups is 1. The van der Waals surface area contributed by atoms with Gasteiger partial charge in [-0.1, -0.05) is 6.07 Å². The maximum Gasteiger partial charge on any atom is 0.227 e. The molecule has 1 aromatic rings. The van der Waals surface area contributed by atoms with Gasteiger partial charge in [0.25, 0.3) is 0 Å². The minimum atomic E-state index is -0.231. The molecule has 16 heavy (non-hydrogen) atoms. The monoisotopic (exact) mass is 238 g/mol. The van der Waals surface area contributed by atoms with Gasteiger partial charge in [0.2, 0.25) is 5.91 Å². The number of amides is 1. The van der Waals surface area contributed by atoms with E-state index in [0.29, 0.717) is 0 Å². The van der Waals surface area contributed by atoms with Gasteiger partial charge in [-0.3, -0.25) is 4.79 Å². The molecule has 1 aliphatic rings. The third-order valence-corrected chi connectivity index (χ3v) is 4.29. The lowest BCUT2D eigenvalue weighted by atomic mass is 9.88. The van der Waals surface area contributed by atoms with Crippen LogP contribution in [0.3, 0.4) is 0 Å². The molecule has 2 rings (SSSR count). The first-order valence-corrected chi connectivity index (χ1v) is 6.55. The first-order valence-electron chi connectivity index (χ1n) is 5.67. The van der Waals surface area contributed by atoms with Crippen LogP contribution in [0.1, 0.15) is 31.2 Å². The number of rotatable bonds is 3. The molecule has 2 atom stereocenters. The molecule has 3 nitrogen and oxygen atoms in total. The predicted molar refractivity (Wildman–Crippen MR) is 66.5 cm³/mol. The molecule has 0 radical (unpaired) electrons. The van der Waals surface area contributed by atoms with Crippen molar-refractivity contribution in [1.82, 2.24) is 10.6 Å². The van der Waals surface area contributed by atoms with Gasteiger partial charge in [0.05, 0.1) is 11.5 Å². The van der Waals surface area contributed by atoms with E-state index in [-0.39, 0.29) is 17.4 Å². The molecule has 1 amide bonds. The van der Waals surface area contributed by atoms with Crippen molar-refractivity contribution in [3.8, 4) is 0 Å². The summed E-state index contributed by atoms with van der Waals surface area (Å²) in [5.41, 5.74) is -0.231. The van der Waals surface area contributed by atoms with E-state index in [1.165, 1.54) is 4.88 Å². The lowest BCUT2D eigenvalue weighted by Gasteiger charge is -2.24. The molecule has 0 aliphatic carbocycles. The van der Waals surface area contributed by atoms with Gasteiger partial charge in [-0.25, -0.2) is 0 Å². The second-order valence-electron chi connectivity index (χ2n) is 4.70. The molecule has 4 heteroatoms. The zero-order valence-electron chi connectivity index (χ0n) is 9.75. The molecule has 0 bridgehead atoms. The SMILES string of the molecule is C[C@@H](NC(=O)C1(C)CCNC1)c1cccs1. The third-order valence-electron chi connectivity index (χ3n) is 3.23. The minimum Gasteiger partial charge on any atom is -0.348 e. The normalized spacial score (nSPS) is 26.6. The van der Waals surface area contributed by atoms with Gasteiger partial charge in [-0.15, -0.1) is 11.3 Å². The van der Waals surface area contributed by atoms with Gasteiger partial charge >= 0.3 is 0 Å². The van der Waals surface area contributed by atoms with Crippen LogP contribution in [0, 0.1) is 5.41 Å². The molecule has 2 heterocycles. The van der Waals surface area contributed by atoms with Crippen LogP contribution >= 0.6 is 11.3 Å². The number of hydrogen-bond acceptors (Lipinski definition) is 3. The number of thiophene rings is 1. The Morgan fingerprint density at radius 3 is 3.06 bits per heavy atom. The van der Waals surface area contributed by atoms with Crippen molar-refractivity contribution in [2.24, 2.45) is 5.41 Å². The Balaban J connectivity index is 1.97. The van der Waals surface area contributed by atoms with Crippen LogP contribution in [0.15, 0.2) is 17.5 Å². The third kappa shape index (κ3) is 2.28. The van der Waals surface area contributed by atoms with Crippen molar-refractivity contribution < 1.29 is 4.79 Å². The Hall–Kier alpha value is -0.870. The summed E-state index contributed by atoms with van der Waals surface area (Å²) < 4.78 is 0. The van der Waals surface area contributed by atoms with E-state index in [4.69, 9.17) is 0 Å². The molecule has 0 saturated carbocycles. The average Bonchev–Trinajstić information content (AvgIpc) is 2.88. The van der Waals surface area contributed by atoms with Crippen LogP contribution in [-0.2, 0) is 4.79 Å². The molecular weight excluding hydrogens is 220 g/mol. The number of nitrogens with one attached hydrogen (secondary N) is 2. The predicted octanol–water partition coefficient (Wildman–Crippen LogP) is 1.92. The molecule has 0 spiro atoms. The Labute approximate surface area is 100 Å². The van der Waals surface area contributed by atoms with E-state index in [1.807, 2.05) is 25.3 Å². The lowest BCUT2D eigenvalue weighted by Crippen LogP contribution is -2.41. The molecule has 0 aromatic carbocycles. The highest BCUT2D eigenvalue weighted by Crippen LogP contribution is 2.26. The molecule has 1 aromatic heterocycles. The summed E-state index contributed by atoms with van der Waals surface area (Å²) in [4.78, 5) is 13.3. The van der Waals surface area contributed by atoms with Crippen molar-refractivity contribution in [3.63, 3.8) is 0 Å². The van der Waals surface area contributed by atoms with Crippen LogP contribution in [0.5, 0.6) is 0 Å². The summed E-state index contributed by atoms with van der Waals surface area (Å²) in [5, 5.41) is 8.38. The van der Waals surface area contributed by atoms with Crippen molar-refractivity contribution in [2.45, 2.75) is 26.3 Å². The van der Waals surface area contributed by atoms with E-state index in [1.54, 1.807) is 11.3 Å². The maximum atomic E-state index is 12.1. The highest BCUT2D eigenvalue weighted by atomic mass is 32.1. The van der Waals surface area contributed by atoms with Crippen LogP contribution in [0.25, 0.3) is 0 Å². The summed E-state index contributed by atoms with van der Waals surface area (Å²) in [6, 6.07) is 4.19. The standard InChI is InChI=1S/C12H18N2OS/c1-9(10-4-3-7-16-10)14-11(15)12(2)5-6-13-8-12/h3-4,7,9,13H,5-6,8H2,1-2H3,(H,14,15)/t9-,12?/m1/s1. The zero-order chi connectivity index (χ0) is 11.6. The first-order chi connectivity index (χ1) is 7.62. The maximum absolute atomic E-state index is 12.1. The largest absolute Gasteiger partial charge is 0.348 e. The molecule has 2 N–H and O–H groups in total. The van der Waals surface area contributed by atoms with Gasteiger partial charge in [-0.2, -0.15) is 0 Å². The number of carbonyl (C=O) groups excluding carboxylic acids is 1. The highest BCUT2D eigenvalue weighted by Gasteiger charge is 2.36. The molecule has 88 valence electrons. The summed E-state index contributed by atoms with van der Waals surface area (Å²) in [6.45, 7) is 5.80. The topological polar surface area (TPSA) is 41.1 Å². The second kappa shape index (κ2) is 4.55. The van der Waals surface area contributed by atoms with Gasteiger partial charge in [0.15, 0.2) is 0 Å². The molecule has 1 saturated heterocycles. The van der Waals surface area contributed by atoms with Crippen LogP contribution < -0.4 is 10.6 Å². The van der Waals surface area contributed by atoms with Gasteiger partial charge < -0.3 is 10.6 Å². The Morgan fingerprint density at radius 1 is 1.69 bits per heavy atom. The minimum absolute atomic E-state index is 0.116. The Morgan fingerprint density at radius 2 is 2.50 bits per heavy atom. The van der Waals surface area contributed by atoms with Crippen molar-refractivity contribution in [3.05, 3.63) is 22.4 Å². The fraction of sp³-hybridized carbons (Fsp3) is 0.583. The summed E-state index contributed by atoms with van der Waals surface area (Å²) >= 11 is 1.68. The van der Waals surface area contributed by atoms with E-state index in [0.717, 1.165) is 19.5 Å². The average molecular weight is 238 g/mol. The summed E-state index contributed by atoms with van der Waals surface area (Å²) in [5.74, 6) is 0.165. The van der Waals surface area contributed by atoms with Crippen LogP contribution in [0.2, 0.25) is 0 Å². The van der Waals surface area contributed by atoms with Crippen LogP contribution in [-0.4, -0.2) is 19.0 Å². The van der Waals surface area contributed by atoms with Gasteiger partial charge in [-0.05, 0) is 38.3 Å². The molecule has 1 unspecified atom stereocenters. The quantitative estimate of drug-likeness (QED) is 0.845. The smallest absolute Gasteiger partial charge is 0.227 e. The fourth-order valence-electron chi connectivity index (χ4n) is 1.99. The fourth-order valence-corrected chi connectivity index (χ4v) is 2.72. The van der Waals surface area contributed by atoms with Crippen molar-refractivity contribution in [2.75, 3.05) is 13.1 Å². The van der Waals surface area contributed by atoms with Crippen molar-refractivity contribution >= 4 is 17.2 Å². The highest BCUT2D eigenvalue weighted by molar-refractivity contribution is 7.10. The van der Waals surface area contributed by atoms with Crippen molar-refractivity contribution in [1.29, 1.82) is 0 Å². The van der Waals surface area contributed by atoms with Gasteiger partial charge in [0, 0.05) is 11.4 Å². The second-order valence-corrected chi connectivity index (χ2v) is 5.68. The number of hydrogen-bond donors (Lipinski definition) is 2. The zero-order valence-corrected chi connectivity index (χ0v) is 10.6. The summed E-state index contributed by atoms with van der Waals surface area (Å²) in [7, 11) is 0. The molecule has 1 fully saturated rings.